The second-order valence-corrected chi connectivity index (χ2v) is 7.82. The number of halogens is 2. The van der Waals surface area contributed by atoms with Crippen LogP contribution in [0, 0.1) is 5.82 Å². The van der Waals surface area contributed by atoms with E-state index in [-0.39, 0.29) is 22.8 Å². The van der Waals surface area contributed by atoms with Crippen LogP contribution in [0.15, 0.2) is 41.2 Å². The molecule has 1 amide bonds. The van der Waals surface area contributed by atoms with Crippen LogP contribution in [0.3, 0.4) is 0 Å². The Morgan fingerprint density at radius 1 is 1.29 bits per heavy atom. The van der Waals surface area contributed by atoms with Gasteiger partial charge in [-0.15, -0.1) is 0 Å². The quantitative estimate of drug-likeness (QED) is 0.435. The molecule has 1 aliphatic heterocycles. The molecule has 1 unspecified atom stereocenters. The number of aromatic amines is 1. The summed E-state index contributed by atoms with van der Waals surface area (Å²) in [6, 6.07) is 9.89. The monoisotopic (exact) mass is 489 g/mol. The van der Waals surface area contributed by atoms with E-state index in [1.807, 2.05) is 50.8 Å². The molecule has 1 aromatic heterocycles. The molecule has 2 aromatic carbocycles. The summed E-state index contributed by atoms with van der Waals surface area (Å²) in [4.78, 5) is 37.2. The number of hydrogen-bond acceptors (Lipinski definition) is 4. The van der Waals surface area contributed by atoms with Gasteiger partial charge in [-0.1, -0.05) is 31.5 Å². The number of pyridine rings is 1. The molecule has 2 heterocycles. The van der Waals surface area contributed by atoms with E-state index < -0.39 is 17.3 Å². The largest absolute Gasteiger partial charge is 0.477 e. The molecule has 0 radical (unpaired) electrons. The van der Waals surface area contributed by atoms with Gasteiger partial charge in [0, 0.05) is 18.1 Å². The van der Waals surface area contributed by atoms with Crippen LogP contribution in [0.4, 0.5) is 10.1 Å². The van der Waals surface area contributed by atoms with Crippen LogP contribution in [0.2, 0.25) is 5.02 Å². The fourth-order valence-corrected chi connectivity index (χ4v) is 3.89. The van der Waals surface area contributed by atoms with Crippen LogP contribution < -0.4 is 10.9 Å². The molecule has 7 nitrogen and oxygen atoms in total. The fourth-order valence-electron chi connectivity index (χ4n) is 3.69. The van der Waals surface area contributed by atoms with Crippen molar-refractivity contribution in [2.75, 3.05) is 18.4 Å². The minimum atomic E-state index is -1.23. The molecular formula is C25H29ClFN3O4. The van der Waals surface area contributed by atoms with Crippen LogP contribution >= 0.6 is 11.6 Å². The van der Waals surface area contributed by atoms with Crippen LogP contribution in [-0.2, 0) is 11.2 Å². The second-order valence-electron chi connectivity index (χ2n) is 7.38. The first-order valence-corrected chi connectivity index (χ1v) is 11.5. The van der Waals surface area contributed by atoms with E-state index in [4.69, 9.17) is 16.7 Å². The molecule has 3 N–H and O–H groups in total. The number of carboxylic acids is 1. The average molecular weight is 490 g/mol. The van der Waals surface area contributed by atoms with Crippen molar-refractivity contribution in [3.8, 4) is 0 Å². The number of aromatic nitrogens is 1. The summed E-state index contributed by atoms with van der Waals surface area (Å²) in [7, 11) is 0. The topological polar surface area (TPSA) is 102 Å². The standard InChI is InChI=1S/C12H11FN2O3.C11H12ClNO.C2H6/c1-2-14-9-3-6-4-10(12(17)18)15-11(16)7(6)5-8(9)13;1-8-11-3-2-10(12)6-9(11)4-5-13(8)7-14;1-2/h3-5,14H,2H2,1H3,(H,15,16)(H,17,18);2-3,6-8H,4-5H2,1H3;1-2H3. The summed E-state index contributed by atoms with van der Waals surface area (Å²) in [5.41, 5.74) is 1.89. The first kappa shape index (κ1) is 26.9. The number of nitrogens with one attached hydrogen (secondary N) is 2. The Labute approximate surface area is 202 Å². The van der Waals surface area contributed by atoms with Gasteiger partial charge in [-0.25, -0.2) is 9.18 Å². The predicted molar refractivity (Wildman–Crippen MR) is 133 cm³/mol. The van der Waals surface area contributed by atoms with Gasteiger partial charge < -0.3 is 20.3 Å². The number of carbonyl (C=O) groups is 2. The highest BCUT2D eigenvalue weighted by atomic mass is 35.5. The van der Waals surface area contributed by atoms with Gasteiger partial charge >= 0.3 is 5.97 Å². The Bertz CT molecular complexity index is 1230. The Morgan fingerprint density at radius 3 is 2.62 bits per heavy atom. The lowest BCUT2D eigenvalue weighted by Gasteiger charge is -2.32. The van der Waals surface area contributed by atoms with E-state index in [9.17, 15) is 18.8 Å². The van der Waals surface area contributed by atoms with Gasteiger partial charge in [-0.3, -0.25) is 9.59 Å². The number of carbonyl (C=O) groups excluding carboxylic acids is 1. The minimum absolute atomic E-state index is 0.124. The average Bonchev–Trinajstić information content (AvgIpc) is 2.82. The molecule has 0 saturated carbocycles. The van der Waals surface area contributed by atoms with Gasteiger partial charge in [0.25, 0.3) is 5.56 Å². The summed E-state index contributed by atoms with van der Waals surface area (Å²) >= 11 is 5.91. The molecule has 1 atom stereocenters. The highest BCUT2D eigenvalue weighted by Gasteiger charge is 2.22. The van der Waals surface area contributed by atoms with Crippen molar-refractivity contribution in [3.05, 3.63) is 74.4 Å². The van der Waals surface area contributed by atoms with Crippen molar-refractivity contribution in [1.29, 1.82) is 0 Å². The number of aromatic carboxylic acids is 1. The van der Waals surface area contributed by atoms with Crippen LogP contribution in [0.1, 0.15) is 55.4 Å². The van der Waals surface area contributed by atoms with E-state index in [1.54, 1.807) is 0 Å². The van der Waals surface area contributed by atoms with Gasteiger partial charge in [0.2, 0.25) is 6.41 Å². The number of carboxylic acid groups (broad SMARTS) is 1. The van der Waals surface area contributed by atoms with Crippen molar-refractivity contribution >= 4 is 40.4 Å². The third-order valence-corrected chi connectivity index (χ3v) is 5.59. The highest BCUT2D eigenvalue weighted by Crippen LogP contribution is 2.30. The molecule has 4 rings (SSSR count). The van der Waals surface area contributed by atoms with Crippen molar-refractivity contribution < 1.29 is 19.1 Å². The van der Waals surface area contributed by atoms with Crippen molar-refractivity contribution in [3.63, 3.8) is 0 Å². The third kappa shape index (κ3) is 6.14. The molecule has 0 saturated heterocycles. The lowest BCUT2D eigenvalue weighted by atomic mass is 9.94. The maximum absolute atomic E-state index is 13.6. The molecule has 0 bridgehead atoms. The molecule has 34 heavy (non-hydrogen) atoms. The number of benzene rings is 2. The van der Waals surface area contributed by atoms with Crippen molar-refractivity contribution in [2.24, 2.45) is 0 Å². The zero-order chi connectivity index (χ0) is 25.4. The molecule has 3 aromatic rings. The van der Waals surface area contributed by atoms with Crippen LogP contribution in [-0.4, -0.2) is 40.5 Å². The number of hydrogen-bond donors (Lipinski definition) is 3. The van der Waals surface area contributed by atoms with Gasteiger partial charge in [-0.2, -0.15) is 0 Å². The molecule has 0 fully saturated rings. The number of anilines is 1. The summed E-state index contributed by atoms with van der Waals surface area (Å²) < 4.78 is 13.6. The van der Waals surface area contributed by atoms with Crippen molar-refractivity contribution in [2.45, 2.75) is 40.2 Å². The van der Waals surface area contributed by atoms with E-state index >= 15 is 0 Å². The van der Waals surface area contributed by atoms with E-state index in [1.165, 1.54) is 23.3 Å². The number of amides is 1. The first-order valence-electron chi connectivity index (χ1n) is 11.1. The number of rotatable bonds is 4. The molecule has 0 aliphatic carbocycles. The predicted octanol–water partition coefficient (Wildman–Crippen LogP) is 5.24. The second kappa shape index (κ2) is 12.2. The van der Waals surface area contributed by atoms with Crippen molar-refractivity contribution in [1.82, 2.24) is 9.88 Å². The molecular weight excluding hydrogens is 461 g/mol. The van der Waals surface area contributed by atoms with E-state index in [0.717, 1.165) is 30.5 Å². The molecule has 1 aliphatic rings. The molecule has 9 heteroatoms. The number of H-pyrrole nitrogens is 1. The SMILES string of the molecule is CC.CC1c2ccc(Cl)cc2CCN1C=O.CCNc1cc2cc(C(=O)O)[nH]c(=O)c2cc1F. The smallest absolute Gasteiger partial charge is 0.352 e. The third-order valence-electron chi connectivity index (χ3n) is 5.36. The van der Waals surface area contributed by atoms with E-state index in [0.29, 0.717) is 11.9 Å². The van der Waals surface area contributed by atoms with Crippen LogP contribution in [0.5, 0.6) is 0 Å². The maximum Gasteiger partial charge on any atom is 0.352 e. The first-order chi connectivity index (χ1) is 16.2. The Balaban J connectivity index is 0.000000230. The zero-order valence-corrected chi connectivity index (χ0v) is 20.4. The summed E-state index contributed by atoms with van der Waals surface area (Å²) in [6.45, 7) is 9.17. The lowest BCUT2D eigenvalue weighted by Crippen LogP contribution is -2.32. The Kier molecular flexibility index (Phi) is 9.62. The van der Waals surface area contributed by atoms with Gasteiger partial charge in [0.1, 0.15) is 11.5 Å². The summed E-state index contributed by atoms with van der Waals surface area (Å²) in [6.07, 6.45) is 1.82. The zero-order valence-electron chi connectivity index (χ0n) is 19.6. The summed E-state index contributed by atoms with van der Waals surface area (Å²) in [5.74, 6) is -1.78. The normalized spacial score (nSPS) is 14.2. The fraction of sp³-hybridized carbons (Fsp3) is 0.320. The van der Waals surface area contributed by atoms with Gasteiger partial charge in [-0.05, 0) is 67.1 Å². The molecule has 0 spiro atoms. The Hall–Kier alpha value is -3.39. The van der Waals surface area contributed by atoms with E-state index in [2.05, 4.69) is 10.3 Å². The maximum atomic E-state index is 13.6. The number of nitrogens with zero attached hydrogens (tertiary/aromatic N) is 1. The minimum Gasteiger partial charge on any atom is -0.477 e. The summed E-state index contributed by atoms with van der Waals surface area (Å²) in [5, 5.41) is 12.9. The van der Waals surface area contributed by atoms with Gasteiger partial charge in [0.05, 0.1) is 17.1 Å². The molecule has 182 valence electrons. The Morgan fingerprint density at radius 2 is 2.00 bits per heavy atom. The highest BCUT2D eigenvalue weighted by molar-refractivity contribution is 6.30. The van der Waals surface area contributed by atoms with Gasteiger partial charge in [0.15, 0.2) is 0 Å². The lowest BCUT2D eigenvalue weighted by molar-refractivity contribution is -0.120. The number of fused-ring (bicyclic) bond motifs is 2. The van der Waals surface area contributed by atoms with Crippen LogP contribution in [0.25, 0.3) is 10.8 Å².